The van der Waals surface area contributed by atoms with E-state index in [1.807, 2.05) is 58.0 Å². The number of carbonyl (C=O) groups excluding carboxylic acids is 6. The Bertz CT molecular complexity index is 1620. The fourth-order valence-electron chi connectivity index (χ4n) is 6.55. The number of carbonyl (C=O) groups is 7. The number of benzene rings is 2. The Balaban J connectivity index is 1.76. The molecule has 1 heterocycles. The molecule has 1 fully saturated rings. The van der Waals surface area contributed by atoms with E-state index in [4.69, 9.17) is 11.5 Å². The topological polar surface area (TPSA) is 243 Å². The summed E-state index contributed by atoms with van der Waals surface area (Å²) in [4.78, 5) is 93.5. The fourth-order valence-corrected chi connectivity index (χ4v) is 6.55. The highest BCUT2D eigenvalue weighted by Crippen LogP contribution is 2.21. The number of likely N-dealkylation sites (tertiary alicyclic amines) is 1. The zero-order valence-electron chi connectivity index (χ0n) is 32.2. The third-order valence-corrected chi connectivity index (χ3v) is 9.35. The first-order valence-corrected chi connectivity index (χ1v) is 18.9. The quantitative estimate of drug-likeness (QED) is 0.0964. The number of amides is 6. The Hall–Kier alpha value is -5.31. The smallest absolute Gasteiger partial charge is 0.326 e. The van der Waals surface area contributed by atoms with Gasteiger partial charge in [-0.3, -0.25) is 28.8 Å². The van der Waals surface area contributed by atoms with Crippen LogP contribution in [-0.4, -0.2) is 94.2 Å². The van der Waals surface area contributed by atoms with E-state index in [9.17, 15) is 38.7 Å². The molecule has 6 amide bonds. The highest BCUT2D eigenvalue weighted by atomic mass is 16.4. The number of nitrogens with zero attached hydrogens (tertiary/aromatic N) is 1. The lowest BCUT2D eigenvalue weighted by Gasteiger charge is -2.31. The molecule has 1 saturated heterocycles. The predicted molar refractivity (Wildman–Crippen MR) is 206 cm³/mol. The van der Waals surface area contributed by atoms with Gasteiger partial charge in [0, 0.05) is 19.4 Å². The van der Waals surface area contributed by atoms with Crippen molar-refractivity contribution in [3.63, 3.8) is 0 Å². The van der Waals surface area contributed by atoms with E-state index < -0.39 is 77.7 Å². The third kappa shape index (κ3) is 14.5. The molecule has 0 saturated carbocycles. The average molecular weight is 764 g/mol. The van der Waals surface area contributed by atoms with Crippen molar-refractivity contribution in [3.8, 4) is 0 Å². The van der Waals surface area contributed by atoms with Gasteiger partial charge in [0.25, 0.3) is 0 Å². The fraction of sp³-hybridized carbons (Fsp3) is 0.525. The Morgan fingerprint density at radius 3 is 1.69 bits per heavy atom. The van der Waals surface area contributed by atoms with Crippen molar-refractivity contribution >= 4 is 41.4 Å². The summed E-state index contributed by atoms with van der Waals surface area (Å²) in [6.45, 7) is 7.65. The zero-order chi connectivity index (χ0) is 40.7. The molecule has 0 unspecified atom stereocenters. The van der Waals surface area contributed by atoms with Gasteiger partial charge in [0.2, 0.25) is 35.4 Å². The number of rotatable bonds is 21. The number of nitrogens with two attached hydrogens (primary N) is 2. The zero-order valence-corrected chi connectivity index (χ0v) is 32.2. The predicted octanol–water partition coefficient (Wildman–Crippen LogP) is 1.17. The van der Waals surface area contributed by atoms with Crippen molar-refractivity contribution in [1.82, 2.24) is 26.2 Å². The molecule has 0 radical (unpaired) electrons. The van der Waals surface area contributed by atoms with Gasteiger partial charge in [-0.2, -0.15) is 0 Å². The third-order valence-electron chi connectivity index (χ3n) is 9.35. The molecule has 0 bridgehead atoms. The summed E-state index contributed by atoms with van der Waals surface area (Å²) in [5.41, 5.74) is 13.2. The molecule has 9 N–H and O–H groups in total. The monoisotopic (exact) mass is 763 g/mol. The van der Waals surface area contributed by atoms with Crippen LogP contribution in [0.3, 0.4) is 0 Å². The average Bonchev–Trinajstić information content (AvgIpc) is 3.63. The van der Waals surface area contributed by atoms with Gasteiger partial charge in [-0.15, -0.1) is 0 Å². The number of aliphatic carboxylic acids is 1. The number of carboxylic acid groups (broad SMARTS) is 1. The van der Waals surface area contributed by atoms with Gasteiger partial charge in [0.05, 0.1) is 6.04 Å². The summed E-state index contributed by atoms with van der Waals surface area (Å²) in [7, 11) is 0. The largest absolute Gasteiger partial charge is 0.480 e. The summed E-state index contributed by atoms with van der Waals surface area (Å²) in [5, 5.41) is 20.6. The molecule has 6 atom stereocenters. The van der Waals surface area contributed by atoms with Crippen molar-refractivity contribution in [3.05, 3.63) is 71.8 Å². The molecule has 3 rings (SSSR count). The van der Waals surface area contributed by atoms with Crippen molar-refractivity contribution in [2.45, 2.75) is 115 Å². The minimum absolute atomic E-state index is 0.00991. The van der Waals surface area contributed by atoms with Gasteiger partial charge >= 0.3 is 5.97 Å². The molecule has 1 aliphatic heterocycles. The lowest BCUT2D eigenvalue weighted by atomic mass is 9.99. The van der Waals surface area contributed by atoms with Crippen LogP contribution in [-0.2, 0) is 46.4 Å². The van der Waals surface area contributed by atoms with Gasteiger partial charge in [-0.05, 0) is 61.5 Å². The number of carboxylic acids is 1. The number of hydrogen-bond acceptors (Lipinski definition) is 8. The molecule has 2 aromatic rings. The van der Waals surface area contributed by atoms with Gasteiger partial charge in [0.1, 0.15) is 30.2 Å². The molecule has 300 valence electrons. The van der Waals surface area contributed by atoms with Crippen LogP contribution in [0.5, 0.6) is 0 Å². The summed E-state index contributed by atoms with van der Waals surface area (Å²) >= 11 is 0. The van der Waals surface area contributed by atoms with E-state index in [0.717, 1.165) is 5.56 Å². The van der Waals surface area contributed by atoms with Crippen molar-refractivity contribution in [1.29, 1.82) is 0 Å². The molecule has 15 nitrogen and oxygen atoms in total. The highest BCUT2D eigenvalue weighted by Gasteiger charge is 2.40. The maximum absolute atomic E-state index is 14.0. The van der Waals surface area contributed by atoms with E-state index in [2.05, 4.69) is 21.3 Å². The van der Waals surface area contributed by atoms with Crippen LogP contribution in [0, 0.1) is 11.8 Å². The minimum Gasteiger partial charge on any atom is -0.480 e. The number of nitrogens with one attached hydrogen (secondary N) is 4. The Kier molecular flexibility index (Phi) is 17.3. The van der Waals surface area contributed by atoms with Crippen LogP contribution in [0.2, 0.25) is 0 Å². The van der Waals surface area contributed by atoms with E-state index in [0.29, 0.717) is 12.0 Å². The van der Waals surface area contributed by atoms with Gasteiger partial charge in [-0.25, -0.2) is 4.79 Å². The first-order chi connectivity index (χ1) is 26.0. The normalized spacial score (nSPS) is 16.7. The van der Waals surface area contributed by atoms with Crippen molar-refractivity contribution < 1.29 is 38.7 Å². The number of hydrogen-bond donors (Lipinski definition) is 7. The van der Waals surface area contributed by atoms with E-state index in [-0.39, 0.29) is 63.3 Å². The van der Waals surface area contributed by atoms with Crippen LogP contribution in [0.15, 0.2) is 60.7 Å². The Labute approximate surface area is 322 Å². The second kappa shape index (κ2) is 21.5. The standard InChI is InChI=1S/C40H57N7O8/c1-24(2)20-30(44-35(49)28(41)22-26-12-7-5-8-13-26)37(51)45-31(21-25(3)4)36(50)43-29(17-18-34(42)48)39(53)47-19-11-16-33(47)38(52)46-32(40(54)55)23-27-14-9-6-10-15-27/h5-10,12-15,24-25,28-33H,11,16-23,41H2,1-4H3,(H2,42,48)(H,43,50)(H,44,49)(H,45,51)(H,46,52)(H,54,55)/t28-,29-,30-,31-,32-,33-/m0/s1. The van der Waals surface area contributed by atoms with E-state index >= 15 is 0 Å². The second-order valence-corrected chi connectivity index (χ2v) is 15.0. The van der Waals surface area contributed by atoms with Crippen LogP contribution < -0.4 is 32.7 Å². The van der Waals surface area contributed by atoms with Crippen LogP contribution in [0.4, 0.5) is 0 Å². The van der Waals surface area contributed by atoms with Crippen molar-refractivity contribution in [2.24, 2.45) is 23.3 Å². The maximum atomic E-state index is 14.0. The van der Waals surface area contributed by atoms with Gasteiger partial charge in [-0.1, -0.05) is 88.4 Å². The van der Waals surface area contributed by atoms with Gasteiger partial charge < -0.3 is 42.7 Å². The summed E-state index contributed by atoms with van der Waals surface area (Å²) < 4.78 is 0. The highest BCUT2D eigenvalue weighted by molar-refractivity contribution is 5.97. The first-order valence-electron chi connectivity index (χ1n) is 18.9. The number of primary amides is 1. The lowest BCUT2D eigenvalue weighted by molar-refractivity contribution is -0.145. The molecule has 1 aliphatic rings. The first kappa shape index (κ1) is 44.1. The van der Waals surface area contributed by atoms with Crippen LogP contribution >= 0.6 is 0 Å². The molecular weight excluding hydrogens is 706 g/mol. The molecular formula is C40H57N7O8. The van der Waals surface area contributed by atoms with Crippen LogP contribution in [0.1, 0.15) is 77.3 Å². The summed E-state index contributed by atoms with van der Waals surface area (Å²) in [5.74, 6) is -5.16. The summed E-state index contributed by atoms with van der Waals surface area (Å²) in [6.07, 6.45) is 1.00. The van der Waals surface area contributed by atoms with Crippen LogP contribution in [0.25, 0.3) is 0 Å². The SMILES string of the molecule is CC(C)C[C@H](NC(=O)[C@H](CC(C)C)NC(=O)[C@@H](N)Cc1ccccc1)C(=O)N[C@@H](CCC(N)=O)C(=O)N1CCC[C@H]1C(=O)N[C@@H](Cc1ccccc1)C(=O)O. The molecule has 0 aromatic heterocycles. The maximum Gasteiger partial charge on any atom is 0.326 e. The molecule has 2 aromatic carbocycles. The molecule has 55 heavy (non-hydrogen) atoms. The molecule has 0 aliphatic carbocycles. The second-order valence-electron chi connectivity index (χ2n) is 15.0. The van der Waals surface area contributed by atoms with E-state index in [1.54, 1.807) is 30.3 Å². The molecule has 15 heteroatoms. The Morgan fingerprint density at radius 2 is 1.20 bits per heavy atom. The Morgan fingerprint density at radius 1 is 0.709 bits per heavy atom. The van der Waals surface area contributed by atoms with E-state index in [1.165, 1.54) is 4.90 Å². The van der Waals surface area contributed by atoms with Crippen molar-refractivity contribution in [2.75, 3.05) is 6.54 Å². The molecule has 0 spiro atoms. The lowest BCUT2D eigenvalue weighted by Crippen LogP contribution is -2.59. The minimum atomic E-state index is -1.29. The summed E-state index contributed by atoms with van der Waals surface area (Å²) in [6, 6.07) is 11.4. The van der Waals surface area contributed by atoms with Gasteiger partial charge in [0.15, 0.2) is 0 Å².